The summed E-state index contributed by atoms with van der Waals surface area (Å²) in [6.07, 6.45) is 1.71. The van der Waals surface area contributed by atoms with Crippen LogP contribution in [0.15, 0.2) is 28.0 Å². The number of tetrazole rings is 1. The van der Waals surface area contributed by atoms with Gasteiger partial charge in [0, 0.05) is 11.6 Å². The second kappa shape index (κ2) is 4.90. The van der Waals surface area contributed by atoms with Crippen LogP contribution in [-0.4, -0.2) is 41.3 Å². The molecule has 3 rings (SSSR count). The van der Waals surface area contributed by atoms with Crippen molar-refractivity contribution in [2.75, 3.05) is 0 Å². The fourth-order valence-corrected chi connectivity index (χ4v) is 2.86. The molecule has 0 fully saturated rings. The lowest BCUT2D eigenvalue weighted by Gasteiger charge is -2.00. The molecule has 0 spiro atoms. The van der Waals surface area contributed by atoms with Crippen molar-refractivity contribution in [1.29, 1.82) is 0 Å². The van der Waals surface area contributed by atoms with Gasteiger partial charge in [0.2, 0.25) is 5.16 Å². The third kappa shape index (κ3) is 2.53. The first-order chi connectivity index (χ1) is 9.22. The van der Waals surface area contributed by atoms with Gasteiger partial charge < -0.3 is 5.11 Å². The van der Waals surface area contributed by atoms with Gasteiger partial charge in [-0.25, -0.2) is 14.6 Å². The first-order valence-corrected chi connectivity index (χ1v) is 6.78. The van der Waals surface area contributed by atoms with Crippen LogP contribution in [0.1, 0.15) is 0 Å². The molecule has 0 aliphatic carbocycles. The van der Waals surface area contributed by atoms with Crippen LogP contribution >= 0.6 is 23.1 Å². The second-order valence-electron chi connectivity index (χ2n) is 3.45. The molecule has 0 radical (unpaired) electrons. The van der Waals surface area contributed by atoms with Crippen molar-refractivity contribution in [2.45, 2.75) is 16.9 Å². The molecule has 19 heavy (non-hydrogen) atoms. The molecule has 0 saturated carbocycles. The van der Waals surface area contributed by atoms with Gasteiger partial charge in [0.15, 0.2) is 5.16 Å². The lowest BCUT2D eigenvalue weighted by Crippen LogP contribution is -2.11. The Morgan fingerprint density at radius 3 is 3.26 bits per heavy atom. The number of fused-ring (bicyclic) bond motifs is 1. The predicted octanol–water partition coefficient (Wildman–Crippen LogP) is 0.914. The molecule has 0 bridgehead atoms. The van der Waals surface area contributed by atoms with E-state index in [-0.39, 0.29) is 6.54 Å². The van der Waals surface area contributed by atoms with Crippen LogP contribution < -0.4 is 0 Å². The highest BCUT2D eigenvalue weighted by molar-refractivity contribution is 7.99. The standard InChI is InChI=1S/C9H6N6O2S2/c16-6(17)4-15-9(12-13-14-15)19-8-10-3-5-1-2-18-7(5)11-8/h1-3H,4H2,(H,16,17). The smallest absolute Gasteiger partial charge is 0.325 e. The van der Waals surface area contributed by atoms with E-state index in [9.17, 15) is 4.79 Å². The van der Waals surface area contributed by atoms with Gasteiger partial charge in [-0.2, -0.15) is 0 Å². The Kier molecular flexibility index (Phi) is 3.09. The minimum Gasteiger partial charge on any atom is -0.480 e. The van der Waals surface area contributed by atoms with E-state index >= 15 is 0 Å². The summed E-state index contributed by atoms with van der Waals surface area (Å²) in [5, 5.41) is 23.3. The Morgan fingerprint density at radius 1 is 1.53 bits per heavy atom. The number of aliphatic carboxylic acids is 1. The number of carboxylic acids is 1. The maximum absolute atomic E-state index is 10.7. The molecule has 0 aromatic carbocycles. The predicted molar refractivity (Wildman–Crippen MR) is 67.0 cm³/mol. The van der Waals surface area contributed by atoms with Crippen molar-refractivity contribution in [2.24, 2.45) is 0 Å². The highest BCUT2D eigenvalue weighted by Crippen LogP contribution is 2.25. The first-order valence-electron chi connectivity index (χ1n) is 5.08. The molecular formula is C9H6N6O2S2. The van der Waals surface area contributed by atoms with Crippen molar-refractivity contribution in [3.63, 3.8) is 0 Å². The number of carbonyl (C=O) groups is 1. The van der Waals surface area contributed by atoms with Gasteiger partial charge in [-0.3, -0.25) is 4.79 Å². The summed E-state index contributed by atoms with van der Waals surface area (Å²) in [5.74, 6) is -1.01. The molecular weight excluding hydrogens is 288 g/mol. The van der Waals surface area contributed by atoms with Gasteiger partial charge in [-0.1, -0.05) is 0 Å². The molecule has 96 valence electrons. The average Bonchev–Trinajstić information content (AvgIpc) is 2.98. The first kappa shape index (κ1) is 12.0. The number of aromatic nitrogens is 6. The topological polar surface area (TPSA) is 107 Å². The highest BCUT2D eigenvalue weighted by Gasteiger charge is 2.13. The number of rotatable bonds is 4. The van der Waals surface area contributed by atoms with Crippen LogP contribution in [0.4, 0.5) is 0 Å². The molecule has 0 amide bonds. The number of carboxylic acid groups (broad SMARTS) is 1. The van der Waals surface area contributed by atoms with Crippen molar-refractivity contribution in [1.82, 2.24) is 30.2 Å². The van der Waals surface area contributed by atoms with Crippen molar-refractivity contribution < 1.29 is 9.90 Å². The monoisotopic (exact) mass is 294 g/mol. The summed E-state index contributed by atoms with van der Waals surface area (Å²) in [6.45, 7) is -0.295. The Hall–Kier alpha value is -2.07. The molecule has 8 nitrogen and oxygen atoms in total. The van der Waals surface area contributed by atoms with Crippen molar-refractivity contribution in [3.05, 3.63) is 17.6 Å². The zero-order valence-corrected chi connectivity index (χ0v) is 10.9. The fourth-order valence-electron chi connectivity index (χ4n) is 1.37. The van der Waals surface area contributed by atoms with E-state index in [0.29, 0.717) is 10.3 Å². The normalized spacial score (nSPS) is 10.9. The number of thiophene rings is 1. The molecule has 0 aliphatic heterocycles. The number of nitrogens with zero attached hydrogens (tertiary/aromatic N) is 6. The van der Waals surface area contributed by atoms with E-state index in [1.165, 1.54) is 16.0 Å². The van der Waals surface area contributed by atoms with E-state index in [2.05, 4.69) is 25.5 Å². The van der Waals surface area contributed by atoms with E-state index in [0.717, 1.165) is 22.0 Å². The molecule has 10 heteroatoms. The summed E-state index contributed by atoms with van der Waals surface area (Å²) in [6, 6.07) is 1.93. The summed E-state index contributed by atoms with van der Waals surface area (Å²) >= 11 is 2.64. The average molecular weight is 294 g/mol. The van der Waals surface area contributed by atoms with E-state index < -0.39 is 5.97 Å². The molecule has 0 atom stereocenters. The summed E-state index contributed by atoms with van der Waals surface area (Å²) in [4.78, 5) is 20.0. The molecule has 3 aromatic rings. The van der Waals surface area contributed by atoms with E-state index in [1.54, 1.807) is 6.20 Å². The zero-order valence-electron chi connectivity index (χ0n) is 9.29. The Labute approximate surface area is 114 Å². The van der Waals surface area contributed by atoms with Crippen molar-refractivity contribution >= 4 is 39.3 Å². The van der Waals surface area contributed by atoms with Crippen LogP contribution in [0.25, 0.3) is 10.2 Å². The van der Waals surface area contributed by atoms with Gasteiger partial charge in [0.1, 0.15) is 11.4 Å². The van der Waals surface area contributed by atoms with Crippen LogP contribution in [0.5, 0.6) is 0 Å². The molecule has 3 heterocycles. The molecule has 1 N–H and O–H groups in total. The zero-order chi connectivity index (χ0) is 13.2. The highest BCUT2D eigenvalue weighted by atomic mass is 32.2. The lowest BCUT2D eigenvalue weighted by molar-refractivity contribution is -0.138. The Morgan fingerprint density at radius 2 is 2.42 bits per heavy atom. The third-order valence-electron chi connectivity index (χ3n) is 2.15. The van der Waals surface area contributed by atoms with Gasteiger partial charge >= 0.3 is 5.97 Å². The van der Waals surface area contributed by atoms with E-state index in [1.807, 2.05) is 11.4 Å². The van der Waals surface area contributed by atoms with Gasteiger partial charge in [0.25, 0.3) is 0 Å². The minimum atomic E-state index is -1.01. The van der Waals surface area contributed by atoms with Crippen LogP contribution in [0.2, 0.25) is 0 Å². The maximum atomic E-state index is 10.7. The summed E-state index contributed by atoms with van der Waals surface area (Å²) in [5.41, 5.74) is 0. The van der Waals surface area contributed by atoms with E-state index in [4.69, 9.17) is 5.11 Å². The molecule has 0 aliphatic rings. The van der Waals surface area contributed by atoms with Gasteiger partial charge in [-0.15, -0.1) is 16.4 Å². The number of hydrogen-bond acceptors (Lipinski definition) is 8. The summed E-state index contributed by atoms with van der Waals surface area (Å²) < 4.78 is 1.19. The molecule has 0 unspecified atom stereocenters. The van der Waals surface area contributed by atoms with Crippen LogP contribution in [-0.2, 0) is 11.3 Å². The van der Waals surface area contributed by atoms with Gasteiger partial charge in [-0.05, 0) is 33.6 Å². The van der Waals surface area contributed by atoms with Gasteiger partial charge in [0.05, 0.1) is 0 Å². The Balaban J connectivity index is 1.87. The van der Waals surface area contributed by atoms with Crippen LogP contribution in [0, 0.1) is 0 Å². The third-order valence-corrected chi connectivity index (χ3v) is 3.83. The summed E-state index contributed by atoms with van der Waals surface area (Å²) in [7, 11) is 0. The maximum Gasteiger partial charge on any atom is 0.325 e. The Bertz CT molecular complexity index is 739. The van der Waals surface area contributed by atoms with Crippen LogP contribution in [0.3, 0.4) is 0 Å². The second-order valence-corrected chi connectivity index (χ2v) is 5.28. The molecule has 3 aromatic heterocycles. The SMILES string of the molecule is O=C(O)Cn1nnnc1Sc1ncc2ccsc2n1. The minimum absolute atomic E-state index is 0.295. The quantitative estimate of drug-likeness (QED) is 0.708. The van der Waals surface area contributed by atoms with Crippen molar-refractivity contribution in [3.8, 4) is 0 Å². The number of hydrogen-bond donors (Lipinski definition) is 1. The molecule has 0 saturated heterocycles. The lowest BCUT2D eigenvalue weighted by atomic mass is 10.4. The largest absolute Gasteiger partial charge is 0.480 e. The fraction of sp³-hybridized carbons (Fsp3) is 0.111.